The second-order valence-corrected chi connectivity index (χ2v) is 5.76. The summed E-state index contributed by atoms with van der Waals surface area (Å²) in [6.07, 6.45) is 2.67. The molecule has 0 saturated heterocycles. The van der Waals surface area contributed by atoms with Crippen molar-refractivity contribution in [3.05, 3.63) is 33.4 Å². The van der Waals surface area contributed by atoms with E-state index in [0.29, 0.717) is 6.54 Å². The van der Waals surface area contributed by atoms with Crippen molar-refractivity contribution in [3.8, 4) is 0 Å². The van der Waals surface area contributed by atoms with Gasteiger partial charge < -0.3 is 9.73 Å². The quantitative estimate of drug-likeness (QED) is 0.902. The molecule has 98 valence electrons. The molecule has 4 nitrogen and oxygen atoms in total. The number of aromatic nitrogens is 2. The highest BCUT2D eigenvalue weighted by molar-refractivity contribution is 7.11. The van der Waals surface area contributed by atoms with Crippen LogP contribution in [0.15, 0.2) is 10.6 Å². The molecule has 0 aromatic carbocycles. The SMILES string of the molecule is CCc1cnc(CNC(C)c2nc(C)sc2C)o1. The minimum absolute atomic E-state index is 0.215. The lowest BCUT2D eigenvalue weighted by Crippen LogP contribution is -2.19. The van der Waals surface area contributed by atoms with E-state index in [2.05, 4.69) is 36.1 Å². The Morgan fingerprint density at radius 2 is 2.22 bits per heavy atom. The molecular formula is C13H19N3OS. The Labute approximate surface area is 111 Å². The van der Waals surface area contributed by atoms with Crippen molar-refractivity contribution in [2.24, 2.45) is 0 Å². The van der Waals surface area contributed by atoms with Gasteiger partial charge in [-0.2, -0.15) is 0 Å². The minimum Gasteiger partial charge on any atom is -0.444 e. The van der Waals surface area contributed by atoms with Gasteiger partial charge in [0.25, 0.3) is 0 Å². The molecule has 0 fully saturated rings. The van der Waals surface area contributed by atoms with Crippen molar-refractivity contribution in [1.82, 2.24) is 15.3 Å². The average Bonchev–Trinajstić information content (AvgIpc) is 2.92. The lowest BCUT2D eigenvalue weighted by Gasteiger charge is -2.10. The second-order valence-electron chi connectivity index (χ2n) is 4.35. The molecule has 0 spiro atoms. The van der Waals surface area contributed by atoms with E-state index in [0.717, 1.165) is 28.8 Å². The highest BCUT2D eigenvalue weighted by Gasteiger charge is 2.13. The van der Waals surface area contributed by atoms with Crippen LogP contribution in [-0.4, -0.2) is 9.97 Å². The lowest BCUT2D eigenvalue weighted by atomic mass is 10.2. The predicted molar refractivity (Wildman–Crippen MR) is 72.7 cm³/mol. The Bertz CT molecular complexity index is 518. The first kappa shape index (κ1) is 13.2. The lowest BCUT2D eigenvalue weighted by molar-refractivity contribution is 0.422. The summed E-state index contributed by atoms with van der Waals surface area (Å²) >= 11 is 1.74. The third-order valence-electron chi connectivity index (χ3n) is 2.86. The molecule has 0 aliphatic carbocycles. The number of aryl methyl sites for hydroxylation is 3. The fourth-order valence-electron chi connectivity index (χ4n) is 1.88. The summed E-state index contributed by atoms with van der Waals surface area (Å²) in [7, 11) is 0. The van der Waals surface area contributed by atoms with Gasteiger partial charge in [0.2, 0.25) is 5.89 Å². The molecule has 0 bridgehead atoms. The smallest absolute Gasteiger partial charge is 0.208 e. The highest BCUT2D eigenvalue weighted by atomic mass is 32.1. The Balaban J connectivity index is 1.95. The maximum atomic E-state index is 5.56. The summed E-state index contributed by atoms with van der Waals surface area (Å²) in [5.41, 5.74) is 1.12. The minimum atomic E-state index is 0.215. The summed E-state index contributed by atoms with van der Waals surface area (Å²) in [6, 6.07) is 0.215. The first-order valence-electron chi connectivity index (χ1n) is 6.21. The van der Waals surface area contributed by atoms with Crippen LogP contribution in [0, 0.1) is 13.8 Å². The molecule has 1 atom stereocenters. The molecule has 1 N–H and O–H groups in total. The van der Waals surface area contributed by atoms with Gasteiger partial charge >= 0.3 is 0 Å². The number of oxazole rings is 1. The number of thiazole rings is 1. The Hall–Kier alpha value is -1.20. The number of nitrogens with one attached hydrogen (secondary N) is 1. The van der Waals surface area contributed by atoms with Gasteiger partial charge in [0.15, 0.2) is 0 Å². The van der Waals surface area contributed by atoms with E-state index in [4.69, 9.17) is 4.42 Å². The van der Waals surface area contributed by atoms with Crippen molar-refractivity contribution in [2.75, 3.05) is 0 Å². The zero-order chi connectivity index (χ0) is 13.1. The third-order valence-corrected chi connectivity index (χ3v) is 3.76. The number of nitrogens with zero attached hydrogens (tertiary/aromatic N) is 2. The topological polar surface area (TPSA) is 51.0 Å². The van der Waals surface area contributed by atoms with Gasteiger partial charge in [-0.15, -0.1) is 11.3 Å². The van der Waals surface area contributed by atoms with Gasteiger partial charge in [0, 0.05) is 17.3 Å². The maximum absolute atomic E-state index is 5.56. The van der Waals surface area contributed by atoms with Gasteiger partial charge in [-0.05, 0) is 20.8 Å². The number of rotatable bonds is 5. The number of hydrogen-bond donors (Lipinski definition) is 1. The molecule has 0 radical (unpaired) electrons. The van der Waals surface area contributed by atoms with E-state index in [-0.39, 0.29) is 6.04 Å². The Kier molecular flexibility index (Phi) is 4.14. The maximum Gasteiger partial charge on any atom is 0.208 e. The average molecular weight is 265 g/mol. The van der Waals surface area contributed by atoms with Crippen LogP contribution in [0.25, 0.3) is 0 Å². The summed E-state index contributed by atoms with van der Waals surface area (Å²) in [5.74, 6) is 1.67. The highest BCUT2D eigenvalue weighted by Crippen LogP contribution is 2.22. The van der Waals surface area contributed by atoms with Gasteiger partial charge in [0.1, 0.15) is 5.76 Å². The van der Waals surface area contributed by atoms with Gasteiger partial charge in [-0.1, -0.05) is 6.92 Å². The molecule has 18 heavy (non-hydrogen) atoms. The molecule has 2 aromatic rings. The van der Waals surface area contributed by atoms with E-state index in [1.54, 1.807) is 17.5 Å². The van der Waals surface area contributed by atoms with Gasteiger partial charge in [0.05, 0.1) is 23.4 Å². The molecule has 5 heteroatoms. The molecular weight excluding hydrogens is 246 g/mol. The zero-order valence-electron chi connectivity index (χ0n) is 11.3. The number of hydrogen-bond acceptors (Lipinski definition) is 5. The van der Waals surface area contributed by atoms with Gasteiger partial charge in [-0.25, -0.2) is 9.97 Å². The summed E-state index contributed by atoms with van der Waals surface area (Å²) in [6.45, 7) is 8.96. The summed E-state index contributed by atoms with van der Waals surface area (Å²) < 4.78 is 5.56. The van der Waals surface area contributed by atoms with Crippen LogP contribution in [0.5, 0.6) is 0 Å². The van der Waals surface area contributed by atoms with E-state index in [9.17, 15) is 0 Å². The molecule has 1 unspecified atom stereocenters. The molecule has 2 aromatic heterocycles. The van der Waals surface area contributed by atoms with Crippen LogP contribution >= 0.6 is 11.3 Å². The van der Waals surface area contributed by atoms with Crippen molar-refractivity contribution in [2.45, 2.75) is 46.7 Å². The fourth-order valence-corrected chi connectivity index (χ4v) is 2.79. The molecule has 2 heterocycles. The fraction of sp³-hybridized carbons (Fsp3) is 0.538. The predicted octanol–water partition coefficient (Wildman–Crippen LogP) is 3.16. The van der Waals surface area contributed by atoms with Crippen LogP contribution in [0.3, 0.4) is 0 Å². The van der Waals surface area contributed by atoms with Gasteiger partial charge in [-0.3, -0.25) is 0 Å². The van der Waals surface area contributed by atoms with E-state index < -0.39 is 0 Å². The van der Waals surface area contributed by atoms with Crippen LogP contribution in [-0.2, 0) is 13.0 Å². The van der Waals surface area contributed by atoms with Crippen LogP contribution in [0.4, 0.5) is 0 Å². The Morgan fingerprint density at radius 3 is 2.78 bits per heavy atom. The molecule has 2 rings (SSSR count). The van der Waals surface area contributed by atoms with Crippen molar-refractivity contribution in [1.29, 1.82) is 0 Å². The largest absolute Gasteiger partial charge is 0.444 e. The van der Waals surface area contributed by atoms with Crippen LogP contribution < -0.4 is 5.32 Å². The zero-order valence-corrected chi connectivity index (χ0v) is 12.1. The van der Waals surface area contributed by atoms with Crippen LogP contribution in [0.1, 0.15) is 47.1 Å². The normalized spacial score (nSPS) is 12.9. The van der Waals surface area contributed by atoms with Crippen molar-refractivity contribution >= 4 is 11.3 Å². The third kappa shape index (κ3) is 2.97. The Morgan fingerprint density at radius 1 is 1.44 bits per heavy atom. The molecule has 0 aliphatic heterocycles. The standard InChI is InChI=1S/C13H19N3OS/c1-5-11-6-15-12(17-11)7-14-8(2)13-9(3)18-10(4)16-13/h6,8,14H,5,7H2,1-4H3. The van der Waals surface area contributed by atoms with Crippen molar-refractivity contribution in [3.63, 3.8) is 0 Å². The summed E-state index contributed by atoms with van der Waals surface area (Å²) in [4.78, 5) is 10.1. The second kappa shape index (κ2) is 5.63. The van der Waals surface area contributed by atoms with E-state index in [1.165, 1.54) is 4.88 Å². The first-order valence-corrected chi connectivity index (χ1v) is 7.02. The van der Waals surface area contributed by atoms with Crippen molar-refractivity contribution < 1.29 is 4.42 Å². The summed E-state index contributed by atoms with van der Waals surface area (Å²) in [5, 5.41) is 4.51. The first-order chi connectivity index (χ1) is 8.60. The van der Waals surface area contributed by atoms with Crippen LogP contribution in [0.2, 0.25) is 0 Å². The van der Waals surface area contributed by atoms with E-state index >= 15 is 0 Å². The molecule has 0 amide bonds. The monoisotopic (exact) mass is 265 g/mol. The molecule has 0 aliphatic rings. The van der Waals surface area contributed by atoms with E-state index in [1.807, 2.05) is 6.92 Å². The molecule has 0 saturated carbocycles.